The van der Waals surface area contributed by atoms with E-state index in [4.69, 9.17) is 4.74 Å². The van der Waals surface area contributed by atoms with Crippen LogP contribution in [0.25, 0.3) is 0 Å². The Balaban J connectivity index is 1.97. The number of carbonyl (C=O) groups excluding carboxylic acids is 1. The SMILES string of the molecule is CC1Oc2cc(C3(CO)CC3)ccc2NC1=O. The third kappa shape index (κ3) is 1.60. The molecule has 1 aliphatic carbocycles. The van der Waals surface area contributed by atoms with Crippen molar-refractivity contribution in [3.63, 3.8) is 0 Å². The second kappa shape index (κ2) is 3.47. The number of amides is 1. The van der Waals surface area contributed by atoms with Crippen LogP contribution < -0.4 is 10.1 Å². The van der Waals surface area contributed by atoms with E-state index in [2.05, 4.69) is 5.32 Å². The van der Waals surface area contributed by atoms with Crippen molar-refractivity contribution in [1.82, 2.24) is 0 Å². The zero-order chi connectivity index (χ0) is 12.0. The number of aliphatic hydroxyl groups is 1. The molecule has 4 nitrogen and oxygen atoms in total. The smallest absolute Gasteiger partial charge is 0.265 e. The quantitative estimate of drug-likeness (QED) is 0.812. The van der Waals surface area contributed by atoms with Crippen molar-refractivity contribution in [2.45, 2.75) is 31.3 Å². The van der Waals surface area contributed by atoms with Crippen molar-refractivity contribution >= 4 is 11.6 Å². The van der Waals surface area contributed by atoms with Gasteiger partial charge in [-0.05, 0) is 37.5 Å². The molecule has 17 heavy (non-hydrogen) atoms. The van der Waals surface area contributed by atoms with E-state index >= 15 is 0 Å². The molecule has 0 aromatic heterocycles. The summed E-state index contributed by atoms with van der Waals surface area (Å²) in [4.78, 5) is 11.4. The fourth-order valence-electron chi connectivity index (χ4n) is 2.22. The van der Waals surface area contributed by atoms with Crippen LogP contribution in [0.2, 0.25) is 0 Å². The molecule has 0 spiro atoms. The summed E-state index contributed by atoms with van der Waals surface area (Å²) in [5.74, 6) is 0.586. The highest BCUT2D eigenvalue weighted by Crippen LogP contribution is 2.49. The average Bonchev–Trinajstić information content (AvgIpc) is 3.11. The number of ether oxygens (including phenoxy) is 1. The number of benzene rings is 1. The molecular weight excluding hydrogens is 218 g/mol. The van der Waals surface area contributed by atoms with Gasteiger partial charge in [0.15, 0.2) is 6.10 Å². The second-order valence-corrected chi connectivity index (χ2v) is 4.90. The number of fused-ring (bicyclic) bond motifs is 1. The molecule has 2 N–H and O–H groups in total. The van der Waals surface area contributed by atoms with Gasteiger partial charge in [-0.1, -0.05) is 6.07 Å². The normalized spacial score (nSPS) is 24.6. The number of rotatable bonds is 2. The van der Waals surface area contributed by atoms with Crippen LogP contribution >= 0.6 is 0 Å². The molecule has 0 saturated heterocycles. The van der Waals surface area contributed by atoms with Gasteiger partial charge in [-0.2, -0.15) is 0 Å². The molecule has 2 aliphatic rings. The van der Waals surface area contributed by atoms with Crippen LogP contribution in [0.15, 0.2) is 18.2 Å². The number of carbonyl (C=O) groups is 1. The molecule has 90 valence electrons. The number of nitrogens with one attached hydrogen (secondary N) is 1. The lowest BCUT2D eigenvalue weighted by Crippen LogP contribution is -2.34. The van der Waals surface area contributed by atoms with E-state index in [1.165, 1.54) is 0 Å². The van der Waals surface area contributed by atoms with E-state index in [0.717, 1.165) is 18.4 Å². The second-order valence-electron chi connectivity index (χ2n) is 4.90. The van der Waals surface area contributed by atoms with E-state index in [9.17, 15) is 9.90 Å². The summed E-state index contributed by atoms with van der Waals surface area (Å²) in [5.41, 5.74) is 1.75. The molecule has 1 fully saturated rings. The molecule has 1 aromatic carbocycles. The molecule has 1 aliphatic heterocycles. The minimum atomic E-state index is -0.456. The summed E-state index contributed by atoms with van der Waals surface area (Å²) < 4.78 is 5.56. The van der Waals surface area contributed by atoms with Crippen molar-refractivity contribution in [3.05, 3.63) is 23.8 Å². The van der Waals surface area contributed by atoms with Crippen molar-refractivity contribution in [1.29, 1.82) is 0 Å². The van der Waals surface area contributed by atoms with Crippen molar-refractivity contribution < 1.29 is 14.6 Å². The number of hydrogen-bond acceptors (Lipinski definition) is 3. The number of aliphatic hydroxyl groups excluding tert-OH is 1. The van der Waals surface area contributed by atoms with Gasteiger partial charge >= 0.3 is 0 Å². The minimum Gasteiger partial charge on any atom is -0.479 e. The largest absolute Gasteiger partial charge is 0.479 e. The predicted molar refractivity (Wildman–Crippen MR) is 63.2 cm³/mol. The number of anilines is 1. The minimum absolute atomic E-state index is 0.0664. The van der Waals surface area contributed by atoms with Gasteiger partial charge in [0.05, 0.1) is 12.3 Å². The predicted octanol–water partition coefficient (Wildman–Crippen LogP) is 1.43. The fraction of sp³-hybridized carbons (Fsp3) is 0.462. The van der Waals surface area contributed by atoms with E-state index < -0.39 is 6.10 Å². The maximum Gasteiger partial charge on any atom is 0.265 e. The van der Waals surface area contributed by atoms with E-state index in [1.54, 1.807) is 6.92 Å². The summed E-state index contributed by atoms with van der Waals surface area (Å²) in [6.07, 6.45) is 1.58. The Bertz CT molecular complexity index is 480. The van der Waals surface area contributed by atoms with Gasteiger partial charge in [0.1, 0.15) is 5.75 Å². The molecular formula is C13H15NO3. The van der Waals surface area contributed by atoms with Crippen molar-refractivity contribution in [2.75, 3.05) is 11.9 Å². The lowest BCUT2D eigenvalue weighted by atomic mass is 9.96. The van der Waals surface area contributed by atoms with Crippen LogP contribution in [-0.4, -0.2) is 23.7 Å². The summed E-state index contributed by atoms with van der Waals surface area (Å²) in [6.45, 7) is 1.90. The summed E-state index contributed by atoms with van der Waals surface area (Å²) in [6, 6.07) is 5.75. The van der Waals surface area contributed by atoms with Gasteiger partial charge in [-0.15, -0.1) is 0 Å². The van der Waals surface area contributed by atoms with Crippen LogP contribution in [0.5, 0.6) is 5.75 Å². The Morgan fingerprint density at radius 3 is 2.94 bits per heavy atom. The van der Waals surface area contributed by atoms with Crippen molar-refractivity contribution in [3.8, 4) is 5.75 Å². The Hall–Kier alpha value is -1.55. The first-order valence-corrected chi connectivity index (χ1v) is 5.87. The first-order valence-electron chi connectivity index (χ1n) is 5.87. The topological polar surface area (TPSA) is 58.6 Å². The third-order valence-corrected chi connectivity index (χ3v) is 3.68. The third-order valence-electron chi connectivity index (χ3n) is 3.68. The first-order chi connectivity index (χ1) is 8.14. The zero-order valence-corrected chi connectivity index (χ0v) is 9.69. The number of hydrogen-bond donors (Lipinski definition) is 2. The van der Waals surface area contributed by atoms with E-state index in [1.807, 2.05) is 18.2 Å². The van der Waals surface area contributed by atoms with Gasteiger partial charge in [0.2, 0.25) is 0 Å². The molecule has 1 heterocycles. The van der Waals surface area contributed by atoms with Crippen LogP contribution in [0.3, 0.4) is 0 Å². The van der Waals surface area contributed by atoms with Crippen LogP contribution in [0.4, 0.5) is 5.69 Å². The molecule has 0 bridgehead atoms. The molecule has 0 radical (unpaired) electrons. The van der Waals surface area contributed by atoms with E-state index in [-0.39, 0.29) is 17.9 Å². The first kappa shape index (κ1) is 10.6. The zero-order valence-electron chi connectivity index (χ0n) is 9.69. The molecule has 4 heteroatoms. The molecule has 1 atom stereocenters. The standard InChI is InChI=1S/C13H15NO3/c1-8-12(16)14-10-3-2-9(6-11(10)17-8)13(7-15)4-5-13/h2-3,6,8,15H,4-5,7H2,1H3,(H,14,16). The van der Waals surface area contributed by atoms with Gasteiger partial charge in [-0.3, -0.25) is 4.79 Å². The highest BCUT2D eigenvalue weighted by Gasteiger charge is 2.44. The van der Waals surface area contributed by atoms with E-state index in [0.29, 0.717) is 11.4 Å². The molecule has 1 saturated carbocycles. The Morgan fingerprint density at radius 1 is 1.53 bits per heavy atom. The maximum atomic E-state index is 11.4. The maximum absolute atomic E-state index is 11.4. The highest BCUT2D eigenvalue weighted by molar-refractivity contribution is 5.97. The highest BCUT2D eigenvalue weighted by atomic mass is 16.5. The Kier molecular flexibility index (Phi) is 2.16. The van der Waals surface area contributed by atoms with Crippen LogP contribution in [0, 0.1) is 0 Å². The summed E-state index contributed by atoms with van der Waals surface area (Å²) in [5, 5.41) is 12.2. The van der Waals surface area contributed by atoms with Gasteiger partial charge in [0.25, 0.3) is 5.91 Å². The molecule has 3 rings (SSSR count). The Morgan fingerprint density at radius 2 is 2.29 bits per heavy atom. The fourth-order valence-corrected chi connectivity index (χ4v) is 2.22. The summed E-state index contributed by atoms with van der Waals surface area (Å²) >= 11 is 0. The lowest BCUT2D eigenvalue weighted by Gasteiger charge is -2.24. The van der Waals surface area contributed by atoms with Gasteiger partial charge < -0.3 is 15.2 Å². The monoisotopic (exact) mass is 233 g/mol. The van der Waals surface area contributed by atoms with Gasteiger partial charge in [0, 0.05) is 5.41 Å². The van der Waals surface area contributed by atoms with Crippen molar-refractivity contribution in [2.24, 2.45) is 0 Å². The van der Waals surface area contributed by atoms with Gasteiger partial charge in [-0.25, -0.2) is 0 Å². The molecule has 1 aromatic rings. The summed E-state index contributed by atoms with van der Waals surface area (Å²) in [7, 11) is 0. The van der Waals surface area contributed by atoms with Crippen LogP contribution in [-0.2, 0) is 10.2 Å². The van der Waals surface area contributed by atoms with Crippen LogP contribution in [0.1, 0.15) is 25.3 Å². The Labute approximate surface area is 99.6 Å². The molecule has 1 amide bonds. The lowest BCUT2D eigenvalue weighted by molar-refractivity contribution is -0.122. The average molecular weight is 233 g/mol. The molecule has 1 unspecified atom stereocenters.